The molecule has 1 aliphatic heterocycles. The van der Waals surface area contributed by atoms with Crippen LogP contribution in [0.5, 0.6) is 0 Å². The molecule has 0 unspecified atom stereocenters. The second kappa shape index (κ2) is 8.16. The van der Waals surface area contributed by atoms with Crippen molar-refractivity contribution in [3.8, 4) is 0 Å². The molecule has 0 radical (unpaired) electrons. The van der Waals surface area contributed by atoms with Crippen molar-refractivity contribution in [2.45, 2.75) is 59.8 Å². The molecule has 1 N–H and O–H groups in total. The molecule has 0 aromatic heterocycles. The Hall–Kier alpha value is -0.0800. The second-order valence-electron chi connectivity index (χ2n) is 6.52. The average Bonchev–Trinajstić information content (AvgIpc) is 2.77. The lowest BCUT2D eigenvalue weighted by atomic mass is 9.82. The van der Waals surface area contributed by atoms with Gasteiger partial charge >= 0.3 is 0 Å². The van der Waals surface area contributed by atoms with Crippen LogP contribution < -0.4 is 5.32 Å². The highest BCUT2D eigenvalue weighted by molar-refractivity contribution is 4.87. The number of likely N-dealkylation sites (tertiary alicyclic amines) is 1. The Morgan fingerprint density at radius 1 is 1.17 bits per heavy atom. The maximum Gasteiger partial charge on any atom is 0.0107 e. The molecule has 2 nitrogen and oxygen atoms in total. The van der Waals surface area contributed by atoms with Gasteiger partial charge in [0.1, 0.15) is 0 Å². The minimum absolute atomic E-state index is 0.637. The predicted molar refractivity (Wildman–Crippen MR) is 81.0 cm³/mol. The zero-order valence-electron chi connectivity index (χ0n) is 13.1. The van der Waals surface area contributed by atoms with E-state index in [2.05, 4.69) is 37.9 Å². The van der Waals surface area contributed by atoms with Crippen LogP contribution in [0.3, 0.4) is 0 Å². The van der Waals surface area contributed by atoms with Gasteiger partial charge in [-0.25, -0.2) is 0 Å². The molecule has 1 saturated heterocycles. The summed E-state index contributed by atoms with van der Waals surface area (Å²) >= 11 is 0. The van der Waals surface area contributed by atoms with Crippen LogP contribution in [0.1, 0.15) is 59.8 Å². The molecular weight excluding hydrogens is 220 g/mol. The third-order valence-corrected chi connectivity index (χ3v) is 4.76. The van der Waals surface area contributed by atoms with Crippen LogP contribution >= 0.6 is 0 Å². The van der Waals surface area contributed by atoms with Gasteiger partial charge < -0.3 is 10.2 Å². The number of hydrogen-bond donors (Lipinski definition) is 1. The van der Waals surface area contributed by atoms with Crippen LogP contribution in [-0.4, -0.2) is 37.6 Å². The molecule has 0 bridgehead atoms. The fraction of sp³-hybridized carbons (Fsp3) is 1.00. The maximum atomic E-state index is 3.59. The molecule has 1 aliphatic rings. The van der Waals surface area contributed by atoms with Gasteiger partial charge in [-0.05, 0) is 56.5 Å². The van der Waals surface area contributed by atoms with Crippen LogP contribution in [0, 0.1) is 11.3 Å². The second-order valence-corrected chi connectivity index (χ2v) is 6.52. The van der Waals surface area contributed by atoms with Crippen LogP contribution in [-0.2, 0) is 0 Å². The third kappa shape index (κ3) is 5.27. The SMILES string of the molecule is CCC1(CC)CCN(CCNCCCC(C)C)C1. The van der Waals surface area contributed by atoms with Gasteiger partial charge in [0.25, 0.3) is 0 Å². The van der Waals surface area contributed by atoms with E-state index >= 15 is 0 Å². The van der Waals surface area contributed by atoms with Crippen molar-refractivity contribution in [3.63, 3.8) is 0 Å². The van der Waals surface area contributed by atoms with E-state index in [9.17, 15) is 0 Å². The summed E-state index contributed by atoms with van der Waals surface area (Å²) in [5, 5.41) is 3.59. The topological polar surface area (TPSA) is 15.3 Å². The van der Waals surface area contributed by atoms with E-state index in [0.29, 0.717) is 5.41 Å². The summed E-state index contributed by atoms with van der Waals surface area (Å²) in [5.74, 6) is 0.847. The summed E-state index contributed by atoms with van der Waals surface area (Å²) in [5.41, 5.74) is 0.637. The van der Waals surface area contributed by atoms with Gasteiger partial charge in [-0.15, -0.1) is 0 Å². The minimum Gasteiger partial charge on any atom is -0.315 e. The van der Waals surface area contributed by atoms with Crippen LogP contribution in [0.25, 0.3) is 0 Å². The Balaban J connectivity index is 2.04. The molecule has 0 aromatic carbocycles. The summed E-state index contributed by atoms with van der Waals surface area (Å²) < 4.78 is 0. The first-order chi connectivity index (χ1) is 8.62. The zero-order chi connectivity index (χ0) is 13.4. The van der Waals surface area contributed by atoms with Crippen molar-refractivity contribution in [3.05, 3.63) is 0 Å². The van der Waals surface area contributed by atoms with Crippen molar-refractivity contribution in [1.29, 1.82) is 0 Å². The lowest BCUT2D eigenvalue weighted by molar-refractivity contribution is 0.240. The Kier molecular flexibility index (Phi) is 7.25. The number of hydrogen-bond acceptors (Lipinski definition) is 2. The molecule has 0 amide bonds. The smallest absolute Gasteiger partial charge is 0.0107 e. The first-order valence-electron chi connectivity index (χ1n) is 8.05. The molecule has 0 atom stereocenters. The molecule has 1 rings (SSSR count). The molecule has 1 fully saturated rings. The van der Waals surface area contributed by atoms with E-state index < -0.39 is 0 Å². The normalized spacial score (nSPS) is 19.8. The molecule has 108 valence electrons. The number of rotatable bonds is 9. The molecular formula is C16H34N2. The van der Waals surface area contributed by atoms with E-state index in [4.69, 9.17) is 0 Å². The van der Waals surface area contributed by atoms with Gasteiger partial charge in [0.05, 0.1) is 0 Å². The number of nitrogens with zero attached hydrogens (tertiary/aromatic N) is 1. The molecule has 0 saturated carbocycles. The van der Waals surface area contributed by atoms with Gasteiger partial charge in [0, 0.05) is 19.6 Å². The standard InChI is InChI=1S/C16H34N2/c1-5-16(6-2)9-12-18(14-16)13-11-17-10-7-8-15(3)4/h15,17H,5-14H2,1-4H3. The Morgan fingerprint density at radius 2 is 1.89 bits per heavy atom. The van der Waals surface area contributed by atoms with E-state index in [1.54, 1.807) is 0 Å². The van der Waals surface area contributed by atoms with Crippen LogP contribution in [0.4, 0.5) is 0 Å². The van der Waals surface area contributed by atoms with Crippen molar-refractivity contribution >= 4 is 0 Å². The summed E-state index contributed by atoms with van der Waals surface area (Å²) in [6, 6.07) is 0. The van der Waals surface area contributed by atoms with E-state index in [0.717, 1.165) is 5.92 Å². The fourth-order valence-corrected chi connectivity index (χ4v) is 3.04. The molecule has 2 heteroatoms. The van der Waals surface area contributed by atoms with E-state index in [1.165, 1.54) is 64.8 Å². The van der Waals surface area contributed by atoms with Crippen LogP contribution in [0.2, 0.25) is 0 Å². The summed E-state index contributed by atoms with van der Waals surface area (Å²) in [4.78, 5) is 2.66. The van der Waals surface area contributed by atoms with Crippen molar-refractivity contribution in [2.75, 3.05) is 32.7 Å². The predicted octanol–water partition coefficient (Wildman–Crippen LogP) is 3.52. The lowest BCUT2D eigenvalue weighted by Crippen LogP contribution is -2.33. The Morgan fingerprint density at radius 3 is 2.44 bits per heavy atom. The fourth-order valence-electron chi connectivity index (χ4n) is 3.04. The summed E-state index contributed by atoms with van der Waals surface area (Å²) in [6.07, 6.45) is 6.79. The molecule has 1 heterocycles. The largest absolute Gasteiger partial charge is 0.315 e. The minimum atomic E-state index is 0.637. The highest BCUT2D eigenvalue weighted by Gasteiger charge is 2.34. The van der Waals surface area contributed by atoms with Gasteiger partial charge in [0.2, 0.25) is 0 Å². The lowest BCUT2D eigenvalue weighted by Gasteiger charge is -2.26. The van der Waals surface area contributed by atoms with Crippen molar-refractivity contribution < 1.29 is 0 Å². The first-order valence-corrected chi connectivity index (χ1v) is 8.05. The van der Waals surface area contributed by atoms with Crippen molar-refractivity contribution in [1.82, 2.24) is 10.2 Å². The summed E-state index contributed by atoms with van der Waals surface area (Å²) in [6.45, 7) is 15.6. The van der Waals surface area contributed by atoms with E-state index in [-0.39, 0.29) is 0 Å². The van der Waals surface area contributed by atoms with Crippen LogP contribution in [0.15, 0.2) is 0 Å². The molecule has 18 heavy (non-hydrogen) atoms. The molecule has 0 aliphatic carbocycles. The average molecular weight is 254 g/mol. The van der Waals surface area contributed by atoms with Gasteiger partial charge in [-0.2, -0.15) is 0 Å². The summed E-state index contributed by atoms with van der Waals surface area (Å²) in [7, 11) is 0. The highest BCUT2D eigenvalue weighted by atomic mass is 15.2. The maximum absolute atomic E-state index is 3.59. The monoisotopic (exact) mass is 254 g/mol. The first kappa shape index (κ1) is 16.0. The third-order valence-electron chi connectivity index (χ3n) is 4.76. The van der Waals surface area contributed by atoms with Gasteiger partial charge in [-0.1, -0.05) is 27.7 Å². The Bertz CT molecular complexity index is 209. The molecule has 0 spiro atoms. The van der Waals surface area contributed by atoms with Gasteiger partial charge in [-0.3, -0.25) is 0 Å². The zero-order valence-corrected chi connectivity index (χ0v) is 13.1. The quantitative estimate of drug-likeness (QED) is 0.633. The Labute approximate surface area is 115 Å². The molecule has 0 aromatic rings. The van der Waals surface area contributed by atoms with Crippen molar-refractivity contribution in [2.24, 2.45) is 11.3 Å². The highest BCUT2D eigenvalue weighted by Crippen LogP contribution is 2.36. The number of nitrogens with one attached hydrogen (secondary N) is 1. The van der Waals surface area contributed by atoms with Gasteiger partial charge in [0.15, 0.2) is 0 Å². The van der Waals surface area contributed by atoms with E-state index in [1.807, 2.05) is 0 Å².